The molecule has 0 saturated carbocycles. The number of nitrogens with zero attached hydrogens (tertiary/aromatic N) is 2. The van der Waals surface area contributed by atoms with E-state index >= 15 is 0 Å². The van der Waals surface area contributed by atoms with Crippen molar-refractivity contribution in [1.29, 1.82) is 0 Å². The van der Waals surface area contributed by atoms with Crippen LogP contribution in [0.1, 0.15) is 42.3 Å². The highest BCUT2D eigenvalue weighted by molar-refractivity contribution is 7.89. The molecule has 0 atom stereocenters. The molecule has 0 fully saturated rings. The molecule has 1 amide bonds. The van der Waals surface area contributed by atoms with E-state index in [0.29, 0.717) is 18.5 Å². The predicted octanol–water partition coefficient (Wildman–Crippen LogP) is 3.44. The Kier molecular flexibility index (Phi) is 4.91. The van der Waals surface area contributed by atoms with Crippen molar-refractivity contribution >= 4 is 21.6 Å². The van der Waals surface area contributed by atoms with Crippen LogP contribution in [0.2, 0.25) is 0 Å². The van der Waals surface area contributed by atoms with Crippen molar-refractivity contribution in [1.82, 2.24) is 4.31 Å². The van der Waals surface area contributed by atoms with Crippen molar-refractivity contribution in [3.05, 3.63) is 59.2 Å². The molecular weight excluding hydrogens is 360 g/mol. The van der Waals surface area contributed by atoms with Crippen LogP contribution in [0, 0.1) is 0 Å². The number of amides is 1. The zero-order valence-electron chi connectivity index (χ0n) is 16.5. The summed E-state index contributed by atoms with van der Waals surface area (Å²) in [4.78, 5) is 14.9. The lowest BCUT2D eigenvalue weighted by atomic mass is 9.86. The van der Waals surface area contributed by atoms with Crippen molar-refractivity contribution in [3.63, 3.8) is 0 Å². The van der Waals surface area contributed by atoms with Gasteiger partial charge in [-0.15, -0.1) is 0 Å². The van der Waals surface area contributed by atoms with Crippen LogP contribution in [0.15, 0.2) is 47.4 Å². The van der Waals surface area contributed by atoms with Gasteiger partial charge in [0.15, 0.2) is 0 Å². The minimum Gasteiger partial charge on any atom is -0.308 e. The predicted molar refractivity (Wildman–Crippen MR) is 108 cm³/mol. The highest BCUT2D eigenvalue weighted by atomic mass is 32.2. The summed E-state index contributed by atoms with van der Waals surface area (Å²) in [6.07, 6.45) is 0.651. The molecule has 6 heteroatoms. The number of sulfonamides is 1. The van der Waals surface area contributed by atoms with Gasteiger partial charge in [0.25, 0.3) is 5.91 Å². The zero-order valence-corrected chi connectivity index (χ0v) is 17.3. The topological polar surface area (TPSA) is 57.7 Å². The minimum atomic E-state index is -3.48. The Labute approximate surface area is 161 Å². The van der Waals surface area contributed by atoms with Gasteiger partial charge in [-0.3, -0.25) is 4.79 Å². The first-order valence-corrected chi connectivity index (χ1v) is 10.4. The summed E-state index contributed by atoms with van der Waals surface area (Å²) >= 11 is 0. The maximum absolute atomic E-state index is 13.0. The van der Waals surface area contributed by atoms with Crippen molar-refractivity contribution in [2.45, 2.75) is 37.5 Å². The van der Waals surface area contributed by atoms with E-state index in [4.69, 9.17) is 0 Å². The number of rotatable bonds is 3. The molecule has 144 valence electrons. The van der Waals surface area contributed by atoms with E-state index in [1.807, 2.05) is 24.3 Å². The Hall–Kier alpha value is -2.18. The smallest absolute Gasteiger partial charge is 0.258 e. The van der Waals surface area contributed by atoms with Crippen molar-refractivity contribution in [2.24, 2.45) is 0 Å². The first kappa shape index (κ1) is 19.6. The van der Waals surface area contributed by atoms with E-state index in [-0.39, 0.29) is 16.2 Å². The van der Waals surface area contributed by atoms with Gasteiger partial charge in [0.1, 0.15) is 0 Å². The largest absolute Gasteiger partial charge is 0.308 e. The first-order valence-electron chi connectivity index (χ1n) is 8.99. The Bertz CT molecular complexity index is 971. The van der Waals surface area contributed by atoms with Crippen molar-refractivity contribution in [2.75, 3.05) is 25.5 Å². The molecule has 27 heavy (non-hydrogen) atoms. The third kappa shape index (κ3) is 3.64. The number of hydrogen-bond donors (Lipinski definition) is 0. The average Bonchev–Trinajstić information content (AvgIpc) is 3.03. The third-order valence-corrected chi connectivity index (χ3v) is 6.78. The molecule has 0 N–H and O–H groups in total. The molecule has 0 spiro atoms. The monoisotopic (exact) mass is 386 g/mol. The Morgan fingerprint density at radius 1 is 1.04 bits per heavy atom. The first-order chi connectivity index (χ1) is 12.5. The molecule has 5 nitrogen and oxygen atoms in total. The van der Waals surface area contributed by atoms with Crippen LogP contribution in [0.5, 0.6) is 0 Å². The normalized spacial score (nSPS) is 14.5. The van der Waals surface area contributed by atoms with Crippen LogP contribution >= 0.6 is 0 Å². The highest BCUT2D eigenvalue weighted by Crippen LogP contribution is 2.32. The molecule has 0 aliphatic carbocycles. The fraction of sp³-hybridized carbons (Fsp3) is 0.381. The van der Waals surface area contributed by atoms with Crippen LogP contribution < -0.4 is 4.90 Å². The van der Waals surface area contributed by atoms with E-state index in [1.54, 1.807) is 23.1 Å². The molecule has 0 saturated heterocycles. The summed E-state index contributed by atoms with van der Waals surface area (Å²) in [5.41, 5.74) is 3.53. The number of benzene rings is 2. The lowest BCUT2D eigenvalue weighted by Crippen LogP contribution is -2.29. The fourth-order valence-electron chi connectivity index (χ4n) is 3.23. The summed E-state index contributed by atoms with van der Waals surface area (Å²) in [6.45, 7) is 6.97. The fourth-order valence-corrected chi connectivity index (χ4v) is 4.18. The quantitative estimate of drug-likeness (QED) is 0.812. The number of carbonyl (C=O) groups is 1. The molecule has 0 bridgehead atoms. The average molecular weight is 387 g/mol. The van der Waals surface area contributed by atoms with Gasteiger partial charge in [0.2, 0.25) is 10.0 Å². The summed E-state index contributed by atoms with van der Waals surface area (Å²) in [5.74, 6) is -0.0579. The van der Waals surface area contributed by atoms with Crippen LogP contribution in [0.4, 0.5) is 5.69 Å². The molecule has 1 aliphatic heterocycles. The lowest BCUT2D eigenvalue weighted by Gasteiger charge is -2.21. The number of carbonyl (C=O) groups excluding carboxylic acids is 1. The maximum atomic E-state index is 13.0. The number of anilines is 1. The Morgan fingerprint density at radius 2 is 1.67 bits per heavy atom. The number of hydrogen-bond acceptors (Lipinski definition) is 3. The van der Waals surface area contributed by atoms with Gasteiger partial charge in [0, 0.05) is 31.9 Å². The summed E-state index contributed by atoms with van der Waals surface area (Å²) < 4.78 is 25.9. The second kappa shape index (κ2) is 6.77. The van der Waals surface area contributed by atoms with Gasteiger partial charge >= 0.3 is 0 Å². The second-order valence-corrected chi connectivity index (χ2v) is 10.3. The third-order valence-electron chi connectivity index (χ3n) is 4.97. The molecule has 2 aromatic carbocycles. The molecule has 1 heterocycles. The summed E-state index contributed by atoms with van der Waals surface area (Å²) in [7, 11) is -0.450. The van der Waals surface area contributed by atoms with Crippen LogP contribution in [0.25, 0.3) is 0 Å². The highest BCUT2D eigenvalue weighted by Gasteiger charge is 2.28. The molecule has 1 aliphatic rings. The molecule has 0 aromatic heterocycles. The summed E-state index contributed by atoms with van der Waals surface area (Å²) in [6, 6.07) is 12.7. The molecule has 0 unspecified atom stereocenters. The Balaban J connectivity index is 1.88. The van der Waals surface area contributed by atoms with Crippen LogP contribution in [-0.2, 0) is 21.9 Å². The van der Waals surface area contributed by atoms with Gasteiger partial charge in [0.05, 0.1) is 4.90 Å². The van der Waals surface area contributed by atoms with Crippen molar-refractivity contribution in [3.8, 4) is 0 Å². The molecule has 3 rings (SSSR count). The molecule has 2 aromatic rings. The van der Waals surface area contributed by atoms with Crippen LogP contribution in [-0.4, -0.2) is 39.3 Å². The number of fused-ring (bicyclic) bond motifs is 1. The maximum Gasteiger partial charge on any atom is 0.258 e. The SMILES string of the molecule is CN(C)S(=O)(=O)c1ccc2c(c1)CCN2C(=O)c1ccc(C(C)(C)C)cc1. The van der Waals surface area contributed by atoms with Gasteiger partial charge in [-0.1, -0.05) is 32.9 Å². The van der Waals surface area contributed by atoms with E-state index in [1.165, 1.54) is 24.0 Å². The molecular formula is C21H26N2O3S. The Morgan fingerprint density at radius 3 is 2.22 bits per heavy atom. The van der Waals surface area contributed by atoms with Gasteiger partial charge in [-0.2, -0.15) is 0 Å². The van der Waals surface area contributed by atoms with E-state index in [9.17, 15) is 13.2 Å². The van der Waals surface area contributed by atoms with E-state index < -0.39 is 10.0 Å². The van der Waals surface area contributed by atoms with Crippen LogP contribution in [0.3, 0.4) is 0 Å². The van der Waals surface area contributed by atoms with Gasteiger partial charge in [-0.25, -0.2) is 12.7 Å². The zero-order chi connectivity index (χ0) is 20.0. The van der Waals surface area contributed by atoms with Gasteiger partial charge < -0.3 is 4.90 Å². The molecule has 0 radical (unpaired) electrons. The van der Waals surface area contributed by atoms with E-state index in [2.05, 4.69) is 20.8 Å². The standard InChI is InChI=1S/C21H26N2O3S/c1-21(2,3)17-8-6-15(7-9-17)20(24)23-13-12-16-14-18(10-11-19(16)23)27(25,26)22(4)5/h6-11,14H,12-13H2,1-5H3. The lowest BCUT2D eigenvalue weighted by molar-refractivity contribution is 0.0989. The second-order valence-electron chi connectivity index (χ2n) is 8.11. The minimum absolute atomic E-state index is 0.0378. The van der Waals surface area contributed by atoms with Gasteiger partial charge in [-0.05, 0) is 53.3 Å². The van der Waals surface area contributed by atoms with E-state index in [0.717, 1.165) is 11.3 Å². The van der Waals surface area contributed by atoms with Crippen molar-refractivity contribution < 1.29 is 13.2 Å². The summed E-state index contributed by atoms with van der Waals surface area (Å²) in [5, 5.41) is 0.